The molecule has 0 aliphatic heterocycles. The maximum Gasteiger partial charge on any atom is 0.230 e. The zero-order chi connectivity index (χ0) is 19.8. The Bertz CT molecular complexity index is 897. The molecular weight excluding hydrogens is 370 g/mol. The summed E-state index contributed by atoms with van der Waals surface area (Å²) in [5.41, 5.74) is 3.34. The molecule has 0 fully saturated rings. The molecule has 0 aliphatic rings. The number of aryl methyl sites for hydroxylation is 1. The molecule has 1 amide bonds. The number of thioether (sulfide) groups is 1. The van der Waals surface area contributed by atoms with Crippen molar-refractivity contribution in [3.63, 3.8) is 0 Å². The predicted molar refractivity (Wildman–Crippen MR) is 114 cm³/mol. The number of aromatic nitrogens is 3. The predicted octanol–water partition coefficient (Wildman–Crippen LogP) is 3.31. The summed E-state index contributed by atoms with van der Waals surface area (Å²) in [6.45, 7) is 3.59. The Morgan fingerprint density at radius 2 is 1.89 bits per heavy atom. The van der Waals surface area contributed by atoms with E-state index in [1.807, 2.05) is 54.0 Å². The van der Waals surface area contributed by atoms with Crippen LogP contribution in [0.5, 0.6) is 0 Å². The monoisotopic (exact) mass is 395 g/mol. The number of rotatable bonds is 9. The third-order valence-electron chi connectivity index (χ3n) is 4.41. The average Bonchev–Trinajstić information content (AvgIpc) is 3.19. The van der Waals surface area contributed by atoms with Crippen molar-refractivity contribution in [1.29, 1.82) is 0 Å². The molecule has 0 bridgehead atoms. The molecule has 0 saturated carbocycles. The third kappa shape index (κ3) is 5.36. The third-order valence-corrected chi connectivity index (χ3v) is 5.36. The van der Waals surface area contributed by atoms with Crippen LogP contribution in [0.15, 0.2) is 66.1 Å². The molecule has 0 aliphatic carbocycles. The molecule has 28 heavy (non-hydrogen) atoms. The van der Waals surface area contributed by atoms with Gasteiger partial charge in [-0.3, -0.25) is 9.36 Å². The molecule has 1 aromatic heterocycles. The van der Waals surface area contributed by atoms with Crippen LogP contribution in [-0.4, -0.2) is 46.6 Å². The quantitative estimate of drug-likeness (QED) is 0.445. The van der Waals surface area contributed by atoms with E-state index in [0.717, 1.165) is 24.2 Å². The number of hydrogen-bond acceptors (Lipinski definition) is 5. The maximum absolute atomic E-state index is 12.2. The lowest BCUT2D eigenvalue weighted by molar-refractivity contribution is -0.118. The number of nitrogens with one attached hydrogen (secondary N) is 1. The first-order valence-electron chi connectivity index (χ1n) is 9.27. The average molecular weight is 396 g/mol. The van der Waals surface area contributed by atoms with Crippen LogP contribution in [0.2, 0.25) is 0 Å². The van der Waals surface area contributed by atoms with E-state index in [1.54, 1.807) is 6.33 Å². The van der Waals surface area contributed by atoms with E-state index >= 15 is 0 Å². The second-order valence-electron chi connectivity index (χ2n) is 6.52. The molecule has 0 spiro atoms. The van der Waals surface area contributed by atoms with Gasteiger partial charge in [0.2, 0.25) is 5.91 Å². The molecule has 1 N–H and O–H groups in total. The van der Waals surface area contributed by atoms with Crippen molar-refractivity contribution < 1.29 is 4.79 Å². The molecule has 0 radical (unpaired) electrons. The van der Waals surface area contributed by atoms with Gasteiger partial charge in [-0.15, -0.1) is 10.2 Å². The Hall–Kier alpha value is -2.80. The number of benzene rings is 2. The van der Waals surface area contributed by atoms with Crippen molar-refractivity contribution in [3.8, 4) is 5.69 Å². The van der Waals surface area contributed by atoms with Crippen molar-refractivity contribution in [3.05, 3.63) is 66.5 Å². The molecule has 6 nitrogen and oxygen atoms in total. The van der Waals surface area contributed by atoms with Crippen LogP contribution in [0, 0.1) is 6.92 Å². The molecular formula is C21H25N5OS. The van der Waals surface area contributed by atoms with Gasteiger partial charge in [-0.05, 0) is 37.1 Å². The van der Waals surface area contributed by atoms with Gasteiger partial charge in [0, 0.05) is 25.8 Å². The van der Waals surface area contributed by atoms with Gasteiger partial charge in [0.15, 0.2) is 5.16 Å². The Morgan fingerprint density at radius 1 is 1.14 bits per heavy atom. The van der Waals surface area contributed by atoms with E-state index < -0.39 is 0 Å². The van der Waals surface area contributed by atoms with Gasteiger partial charge < -0.3 is 10.2 Å². The Labute approximate surface area is 170 Å². The van der Waals surface area contributed by atoms with Gasteiger partial charge in [-0.1, -0.05) is 48.2 Å². The van der Waals surface area contributed by atoms with Gasteiger partial charge >= 0.3 is 0 Å². The van der Waals surface area contributed by atoms with E-state index in [1.165, 1.54) is 17.4 Å². The van der Waals surface area contributed by atoms with Gasteiger partial charge in [0.25, 0.3) is 0 Å². The van der Waals surface area contributed by atoms with E-state index in [0.29, 0.717) is 17.5 Å². The first kappa shape index (κ1) is 19.9. The van der Waals surface area contributed by atoms with Crippen LogP contribution in [0.4, 0.5) is 5.69 Å². The number of amides is 1. The molecule has 3 aromatic rings. The van der Waals surface area contributed by atoms with E-state index in [-0.39, 0.29) is 5.91 Å². The minimum absolute atomic E-state index is 0.00620. The Morgan fingerprint density at radius 3 is 2.68 bits per heavy atom. The molecule has 0 atom stereocenters. The normalized spacial score (nSPS) is 10.6. The fraction of sp³-hybridized carbons (Fsp3) is 0.286. The second-order valence-corrected chi connectivity index (χ2v) is 7.46. The summed E-state index contributed by atoms with van der Waals surface area (Å²) in [6, 6.07) is 18.3. The molecule has 0 unspecified atom stereocenters. The topological polar surface area (TPSA) is 63.1 Å². The highest BCUT2D eigenvalue weighted by molar-refractivity contribution is 7.99. The second kappa shape index (κ2) is 9.94. The van der Waals surface area contributed by atoms with Gasteiger partial charge in [-0.25, -0.2) is 0 Å². The lowest BCUT2D eigenvalue weighted by Crippen LogP contribution is -2.29. The largest absolute Gasteiger partial charge is 0.375 e. The highest BCUT2D eigenvalue weighted by atomic mass is 32.2. The smallest absolute Gasteiger partial charge is 0.230 e. The number of carbonyl (C=O) groups is 1. The Balaban J connectivity index is 1.42. The van der Waals surface area contributed by atoms with Crippen LogP contribution >= 0.6 is 11.8 Å². The van der Waals surface area contributed by atoms with Crippen LogP contribution in [0.1, 0.15) is 12.0 Å². The number of para-hydroxylation sites is 2. The lowest BCUT2D eigenvalue weighted by atomic mass is 10.2. The SMILES string of the molecule is Cc1ccccc1-n1cnnc1SCC(=O)NCCCN(C)c1ccccc1. The molecule has 2 aromatic carbocycles. The van der Waals surface area contributed by atoms with Gasteiger partial charge in [-0.2, -0.15) is 0 Å². The minimum Gasteiger partial charge on any atom is -0.375 e. The molecule has 3 rings (SSSR count). The summed E-state index contributed by atoms with van der Waals surface area (Å²) in [6.07, 6.45) is 2.57. The summed E-state index contributed by atoms with van der Waals surface area (Å²) >= 11 is 1.39. The fourth-order valence-electron chi connectivity index (χ4n) is 2.86. The molecule has 146 valence electrons. The first-order chi connectivity index (χ1) is 13.6. The van der Waals surface area contributed by atoms with Gasteiger partial charge in [0.05, 0.1) is 11.4 Å². The summed E-state index contributed by atoms with van der Waals surface area (Å²) < 4.78 is 1.92. The number of anilines is 1. The van der Waals surface area contributed by atoms with E-state index in [9.17, 15) is 4.79 Å². The maximum atomic E-state index is 12.2. The zero-order valence-electron chi connectivity index (χ0n) is 16.2. The van der Waals surface area contributed by atoms with Crippen molar-refractivity contribution in [1.82, 2.24) is 20.1 Å². The summed E-state index contributed by atoms with van der Waals surface area (Å²) in [7, 11) is 2.06. The first-order valence-corrected chi connectivity index (χ1v) is 10.3. The van der Waals surface area contributed by atoms with Crippen LogP contribution in [-0.2, 0) is 4.79 Å². The number of nitrogens with zero attached hydrogens (tertiary/aromatic N) is 4. The standard InChI is InChI=1S/C21H25N5OS/c1-17-9-6-7-12-19(17)26-16-23-24-21(26)28-15-20(27)22-13-8-14-25(2)18-10-4-3-5-11-18/h3-7,9-12,16H,8,13-15H2,1-2H3,(H,22,27). The van der Waals surface area contributed by atoms with Crippen molar-refractivity contribution in [2.45, 2.75) is 18.5 Å². The molecule has 0 saturated heterocycles. The van der Waals surface area contributed by atoms with Crippen LogP contribution in [0.25, 0.3) is 5.69 Å². The highest BCUT2D eigenvalue weighted by Crippen LogP contribution is 2.21. The fourth-order valence-corrected chi connectivity index (χ4v) is 3.61. The van der Waals surface area contributed by atoms with Gasteiger partial charge in [0.1, 0.15) is 6.33 Å². The van der Waals surface area contributed by atoms with Crippen LogP contribution < -0.4 is 10.2 Å². The summed E-state index contributed by atoms with van der Waals surface area (Å²) in [4.78, 5) is 14.4. The Kier molecular flexibility index (Phi) is 7.08. The highest BCUT2D eigenvalue weighted by Gasteiger charge is 2.11. The molecule has 7 heteroatoms. The summed E-state index contributed by atoms with van der Waals surface area (Å²) in [5.74, 6) is 0.325. The summed E-state index contributed by atoms with van der Waals surface area (Å²) in [5, 5.41) is 11.8. The molecule has 1 heterocycles. The van der Waals surface area contributed by atoms with E-state index in [2.05, 4.69) is 39.6 Å². The zero-order valence-corrected chi connectivity index (χ0v) is 17.0. The van der Waals surface area contributed by atoms with E-state index in [4.69, 9.17) is 0 Å². The van der Waals surface area contributed by atoms with Crippen molar-refractivity contribution >= 4 is 23.4 Å². The number of carbonyl (C=O) groups excluding carboxylic acids is 1. The van der Waals surface area contributed by atoms with Crippen molar-refractivity contribution in [2.75, 3.05) is 30.8 Å². The minimum atomic E-state index is 0.00620. The van der Waals surface area contributed by atoms with Crippen LogP contribution in [0.3, 0.4) is 0 Å². The number of hydrogen-bond donors (Lipinski definition) is 1. The lowest BCUT2D eigenvalue weighted by Gasteiger charge is -2.19. The van der Waals surface area contributed by atoms with Crippen molar-refractivity contribution in [2.24, 2.45) is 0 Å².